The molecule has 1 aromatic heterocycles. The second-order valence-electron chi connectivity index (χ2n) is 8.11. The topological polar surface area (TPSA) is 63.7 Å². The van der Waals surface area contributed by atoms with Crippen LogP contribution in [0, 0.1) is 0 Å². The van der Waals surface area contributed by atoms with E-state index in [1.165, 1.54) is 24.8 Å². The molecule has 2 heterocycles. The highest BCUT2D eigenvalue weighted by molar-refractivity contribution is 5.74. The lowest BCUT2D eigenvalue weighted by atomic mass is 9.69. The molecule has 154 valence electrons. The van der Waals surface area contributed by atoms with Crippen molar-refractivity contribution in [3.8, 4) is 11.5 Å². The largest absolute Gasteiger partial charge is 0.454 e. The van der Waals surface area contributed by atoms with Crippen LogP contribution in [-0.2, 0) is 5.41 Å². The van der Waals surface area contributed by atoms with Crippen molar-refractivity contribution in [2.24, 2.45) is 0 Å². The van der Waals surface area contributed by atoms with Crippen LogP contribution in [0.15, 0.2) is 42.6 Å². The number of fused-ring (bicyclic) bond motifs is 1. The number of nitrogens with zero attached hydrogens (tertiary/aromatic N) is 2. The molecule has 6 heteroatoms. The molecule has 4 rings (SSSR count). The van der Waals surface area contributed by atoms with Gasteiger partial charge in [0.25, 0.3) is 0 Å². The third-order valence-corrected chi connectivity index (χ3v) is 6.39. The maximum absolute atomic E-state index is 12.9. The van der Waals surface area contributed by atoms with Crippen LogP contribution >= 0.6 is 0 Å². The van der Waals surface area contributed by atoms with Gasteiger partial charge < -0.3 is 19.7 Å². The van der Waals surface area contributed by atoms with Crippen LogP contribution in [0.4, 0.5) is 4.79 Å². The monoisotopic (exact) mass is 395 g/mol. The molecule has 6 nitrogen and oxygen atoms in total. The van der Waals surface area contributed by atoms with Gasteiger partial charge in [-0.05, 0) is 49.6 Å². The smallest absolute Gasteiger partial charge is 0.317 e. The van der Waals surface area contributed by atoms with Gasteiger partial charge in [-0.15, -0.1) is 0 Å². The predicted molar refractivity (Wildman–Crippen MR) is 111 cm³/mol. The third kappa shape index (κ3) is 4.02. The Hall–Kier alpha value is -2.76. The van der Waals surface area contributed by atoms with Crippen LogP contribution in [0.2, 0.25) is 0 Å². The molecule has 0 radical (unpaired) electrons. The molecular formula is C23H29N3O3. The molecule has 1 unspecified atom stereocenters. The predicted octanol–water partition coefficient (Wildman–Crippen LogP) is 4.41. The van der Waals surface area contributed by atoms with Gasteiger partial charge in [0.05, 0.1) is 11.7 Å². The van der Waals surface area contributed by atoms with Gasteiger partial charge in [-0.1, -0.05) is 31.4 Å². The van der Waals surface area contributed by atoms with Gasteiger partial charge in [0.1, 0.15) is 0 Å². The number of benzene rings is 1. The summed E-state index contributed by atoms with van der Waals surface area (Å²) in [7, 11) is 1.82. The molecule has 1 aromatic carbocycles. The molecule has 1 atom stereocenters. The summed E-state index contributed by atoms with van der Waals surface area (Å²) in [4.78, 5) is 19.0. The Labute approximate surface area is 172 Å². The molecule has 2 aromatic rings. The fourth-order valence-corrected chi connectivity index (χ4v) is 4.39. The molecule has 2 amide bonds. The van der Waals surface area contributed by atoms with Gasteiger partial charge in [-0.3, -0.25) is 4.98 Å². The summed E-state index contributed by atoms with van der Waals surface area (Å²) in [6.07, 6.45) is 7.47. The number of hydrogen-bond acceptors (Lipinski definition) is 4. The number of nitrogens with one attached hydrogen (secondary N) is 1. The number of carbonyl (C=O) groups is 1. The van der Waals surface area contributed by atoms with Crippen LogP contribution < -0.4 is 14.8 Å². The molecule has 1 saturated carbocycles. The highest BCUT2D eigenvalue weighted by Gasteiger charge is 2.36. The first-order valence-corrected chi connectivity index (χ1v) is 10.4. The molecule has 1 N–H and O–H groups in total. The Balaban J connectivity index is 1.48. The highest BCUT2D eigenvalue weighted by atomic mass is 16.7. The number of carbonyl (C=O) groups excluding carboxylic acids is 1. The summed E-state index contributed by atoms with van der Waals surface area (Å²) < 4.78 is 11.1. The quantitative estimate of drug-likeness (QED) is 0.814. The fraction of sp³-hybridized carbons (Fsp3) is 0.478. The van der Waals surface area contributed by atoms with Crippen molar-refractivity contribution in [2.45, 2.75) is 50.5 Å². The summed E-state index contributed by atoms with van der Waals surface area (Å²) in [6.45, 7) is 2.89. The van der Waals surface area contributed by atoms with Crippen molar-refractivity contribution in [3.63, 3.8) is 0 Å². The van der Waals surface area contributed by atoms with Gasteiger partial charge in [-0.2, -0.15) is 0 Å². The van der Waals surface area contributed by atoms with E-state index in [2.05, 4.69) is 22.4 Å². The molecule has 0 spiro atoms. The van der Waals surface area contributed by atoms with Gasteiger partial charge in [-0.25, -0.2) is 4.79 Å². The Morgan fingerprint density at radius 3 is 2.72 bits per heavy atom. The number of aromatic nitrogens is 1. The molecule has 1 fully saturated rings. The van der Waals surface area contributed by atoms with Crippen molar-refractivity contribution in [1.29, 1.82) is 0 Å². The maximum Gasteiger partial charge on any atom is 0.317 e. The van der Waals surface area contributed by atoms with Gasteiger partial charge in [0.15, 0.2) is 11.5 Å². The van der Waals surface area contributed by atoms with Gasteiger partial charge >= 0.3 is 6.03 Å². The van der Waals surface area contributed by atoms with Gasteiger partial charge in [0, 0.05) is 25.2 Å². The van der Waals surface area contributed by atoms with E-state index < -0.39 is 0 Å². The lowest BCUT2D eigenvalue weighted by molar-refractivity contribution is 0.173. The van der Waals surface area contributed by atoms with Crippen LogP contribution in [0.3, 0.4) is 0 Å². The van der Waals surface area contributed by atoms with E-state index in [1.807, 2.05) is 38.2 Å². The van der Waals surface area contributed by atoms with Gasteiger partial charge in [0.2, 0.25) is 6.79 Å². The second kappa shape index (κ2) is 8.31. The number of amides is 2. The summed E-state index contributed by atoms with van der Waals surface area (Å²) in [5.74, 6) is 1.60. The van der Waals surface area contributed by atoms with Crippen molar-refractivity contribution in [1.82, 2.24) is 15.2 Å². The highest BCUT2D eigenvalue weighted by Crippen LogP contribution is 2.43. The summed E-state index contributed by atoms with van der Waals surface area (Å²) in [5.41, 5.74) is 2.04. The van der Waals surface area contributed by atoms with E-state index >= 15 is 0 Å². The number of hydrogen-bond donors (Lipinski definition) is 1. The molecule has 29 heavy (non-hydrogen) atoms. The van der Waals surface area contributed by atoms with Crippen molar-refractivity contribution < 1.29 is 14.3 Å². The zero-order valence-corrected chi connectivity index (χ0v) is 17.2. The minimum Gasteiger partial charge on any atom is -0.454 e. The molecule has 1 aliphatic carbocycles. The van der Waals surface area contributed by atoms with Crippen LogP contribution in [0.1, 0.15) is 56.3 Å². The first kappa shape index (κ1) is 19.6. The Morgan fingerprint density at radius 2 is 1.97 bits per heavy atom. The SMILES string of the molecule is CC(c1ccccn1)N(C)C(=O)NCC1(c2ccc3c(c2)OCO3)CCCCC1. The third-order valence-electron chi connectivity index (χ3n) is 6.39. The van der Waals surface area contributed by atoms with Crippen molar-refractivity contribution in [2.75, 3.05) is 20.4 Å². The standard InChI is InChI=1S/C23H29N3O3/c1-17(19-8-4-7-13-24-19)26(2)22(27)25-15-23(11-5-3-6-12-23)18-9-10-20-21(14-18)29-16-28-20/h4,7-10,13-14,17H,3,5-6,11-12,15-16H2,1-2H3,(H,25,27). The minimum absolute atomic E-state index is 0.0655. The number of pyridine rings is 1. The minimum atomic E-state index is -0.0935. The molecular weight excluding hydrogens is 366 g/mol. The Bertz CT molecular complexity index is 850. The lowest BCUT2D eigenvalue weighted by Crippen LogP contribution is -2.46. The molecule has 2 aliphatic rings. The average molecular weight is 396 g/mol. The average Bonchev–Trinajstić information content (AvgIpc) is 3.25. The number of rotatable bonds is 5. The Morgan fingerprint density at radius 1 is 1.17 bits per heavy atom. The van der Waals surface area contributed by atoms with E-state index in [4.69, 9.17) is 9.47 Å². The molecule has 1 aliphatic heterocycles. The van der Waals surface area contributed by atoms with Crippen LogP contribution in [0.5, 0.6) is 11.5 Å². The lowest BCUT2D eigenvalue weighted by Gasteiger charge is -2.39. The first-order chi connectivity index (χ1) is 14.1. The van der Waals surface area contributed by atoms with Crippen LogP contribution in [0.25, 0.3) is 0 Å². The summed E-state index contributed by atoms with van der Waals surface area (Å²) in [5, 5.41) is 3.20. The zero-order chi connectivity index (χ0) is 20.3. The maximum atomic E-state index is 12.9. The molecule has 0 bridgehead atoms. The summed E-state index contributed by atoms with van der Waals surface area (Å²) >= 11 is 0. The van der Waals surface area contributed by atoms with Crippen molar-refractivity contribution >= 4 is 6.03 Å². The number of ether oxygens (including phenoxy) is 2. The van der Waals surface area contributed by atoms with E-state index in [-0.39, 0.29) is 24.3 Å². The zero-order valence-electron chi connectivity index (χ0n) is 17.2. The van der Waals surface area contributed by atoms with Crippen molar-refractivity contribution in [3.05, 3.63) is 53.9 Å². The fourth-order valence-electron chi connectivity index (χ4n) is 4.39. The Kier molecular flexibility index (Phi) is 5.60. The van der Waals surface area contributed by atoms with E-state index in [0.29, 0.717) is 6.54 Å². The van der Waals surface area contributed by atoms with E-state index in [1.54, 1.807) is 11.1 Å². The van der Waals surface area contributed by atoms with E-state index in [0.717, 1.165) is 30.0 Å². The second-order valence-corrected chi connectivity index (χ2v) is 8.11. The number of urea groups is 1. The van der Waals surface area contributed by atoms with Crippen LogP contribution in [-0.4, -0.2) is 36.3 Å². The summed E-state index contributed by atoms with van der Waals surface area (Å²) in [6, 6.07) is 11.8. The van der Waals surface area contributed by atoms with E-state index in [9.17, 15) is 4.79 Å². The molecule has 0 saturated heterocycles. The normalized spacial score (nSPS) is 18.1. The first-order valence-electron chi connectivity index (χ1n) is 10.4.